The Kier molecular flexibility index (Phi) is 7.31. The van der Waals surface area contributed by atoms with Crippen molar-refractivity contribution in [3.63, 3.8) is 0 Å². The van der Waals surface area contributed by atoms with E-state index in [2.05, 4.69) is 85.8 Å². The fourth-order valence-corrected chi connectivity index (χ4v) is 6.47. The number of H-pyrrole nitrogens is 3. The Hall–Kier alpha value is -8.14. The molecular formula is C32H17N19O2S. The second-order valence-electron chi connectivity index (χ2n) is 11.2. The Morgan fingerprint density at radius 2 is 1.54 bits per heavy atom. The molecular weight excluding hydrogens is 715 g/mol. The molecule has 0 radical (unpaired) electrons. The van der Waals surface area contributed by atoms with Crippen LogP contribution in [0.5, 0.6) is 0 Å². The van der Waals surface area contributed by atoms with E-state index in [1.165, 1.54) is 12.5 Å². The molecule has 0 fully saturated rings. The first-order valence-corrected chi connectivity index (χ1v) is 16.5. The van der Waals surface area contributed by atoms with Gasteiger partial charge in [-0.3, -0.25) is 25.1 Å². The Morgan fingerprint density at radius 3 is 2.44 bits per heavy atom. The molecule has 10 heterocycles. The average Bonchev–Trinajstić information content (AvgIpc) is 4.08. The van der Waals surface area contributed by atoms with Crippen molar-refractivity contribution >= 4 is 11.5 Å². The van der Waals surface area contributed by atoms with Crippen LogP contribution in [0.4, 0.5) is 0 Å². The van der Waals surface area contributed by atoms with Gasteiger partial charge in [-0.1, -0.05) is 14.9 Å². The van der Waals surface area contributed by atoms with E-state index in [-0.39, 0.29) is 0 Å². The molecule has 10 rings (SSSR count). The first kappa shape index (κ1) is 30.7. The van der Waals surface area contributed by atoms with E-state index in [1.807, 2.05) is 12.1 Å². The standard InChI is InChI=1S/C32H17N19O2S/c1-3-16(31-36-6-2-7-37-31)22(33-5-1)26-21(34-9-10-35-26)15-4-8-39-45-24(15)30-28(48-51-54-30)27-25(46-49-47-27)19-13-38-32(42-19)18-11-40-44-23(18)29-17(12-41-53-29)20-14-52-50-43-20/h1-14H,(H,38,42)(H,40,44)(H,46,47,49). The molecule has 3 N–H and O–H groups in total. The minimum Gasteiger partial charge on any atom is -0.354 e. The number of hydrogen-bond acceptors (Lipinski definition) is 19. The number of nitrogens with one attached hydrogen (secondary N) is 3. The zero-order valence-electron chi connectivity index (χ0n) is 27.0. The molecule has 0 aliphatic rings. The summed E-state index contributed by atoms with van der Waals surface area (Å²) in [4.78, 5) is 31.5. The van der Waals surface area contributed by atoms with Crippen LogP contribution >= 0.6 is 11.5 Å². The van der Waals surface area contributed by atoms with E-state index in [9.17, 15) is 0 Å². The number of nitrogens with zero attached hydrogens (tertiary/aromatic N) is 16. The predicted molar refractivity (Wildman–Crippen MR) is 186 cm³/mol. The molecule has 0 amide bonds. The van der Waals surface area contributed by atoms with Gasteiger partial charge in [-0.05, 0) is 35.8 Å². The summed E-state index contributed by atoms with van der Waals surface area (Å²) >= 11 is 1.13. The van der Waals surface area contributed by atoms with Crippen molar-refractivity contribution in [1.29, 1.82) is 0 Å². The highest BCUT2D eigenvalue weighted by Gasteiger charge is 2.28. The van der Waals surface area contributed by atoms with Gasteiger partial charge in [0.25, 0.3) is 0 Å². The molecule has 10 aromatic heterocycles. The molecule has 21 nitrogen and oxygen atoms in total. The predicted octanol–water partition coefficient (Wildman–Crippen LogP) is 4.24. The van der Waals surface area contributed by atoms with Crippen LogP contribution < -0.4 is 0 Å². The molecule has 0 saturated heterocycles. The van der Waals surface area contributed by atoms with Crippen LogP contribution in [0.15, 0.2) is 95.3 Å². The third kappa shape index (κ3) is 5.17. The maximum atomic E-state index is 5.54. The Balaban J connectivity index is 1.03. The molecule has 10 aromatic rings. The van der Waals surface area contributed by atoms with Crippen LogP contribution in [0.1, 0.15) is 0 Å². The van der Waals surface area contributed by atoms with Gasteiger partial charge in [0, 0.05) is 53.6 Å². The first-order valence-electron chi connectivity index (χ1n) is 15.7. The molecule has 0 spiro atoms. The van der Waals surface area contributed by atoms with Crippen LogP contribution in [0.3, 0.4) is 0 Å². The largest absolute Gasteiger partial charge is 0.354 e. The smallest absolute Gasteiger partial charge is 0.197 e. The Bertz CT molecular complexity index is 2880. The summed E-state index contributed by atoms with van der Waals surface area (Å²) < 4.78 is 14.7. The van der Waals surface area contributed by atoms with Gasteiger partial charge < -0.3 is 14.0 Å². The lowest BCUT2D eigenvalue weighted by Crippen LogP contribution is -2.00. The van der Waals surface area contributed by atoms with Crippen molar-refractivity contribution in [2.45, 2.75) is 0 Å². The minimum absolute atomic E-state index is 0.346. The lowest BCUT2D eigenvalue weighted by molar-refractivity contribution is 0.393. The molecule has 0 aromatic carbocycles. The fraction of sp³-hybridized carbons (Fsp3) is 0. The summed E-state index contributed by atoms with van der Waals surface area (Å²) in [5, 5.41) is 43.3. The van der Waals surface area contributed by atoms with E-state index in [0.29, 0.717) is 101 Å². The summed E-state index contributed by atoms with van der Waals surface area (Å²) in [6, 6.07) is 7.25. The lowest BCUT2D eigenvalue weighted by Gasteiger charge is -2.12. The van der Waals surface area contributed by atoms with E-state index < -0.39 is 0 Å². The number of pyridine rings is 1. The van der Waals surface area contributed by atoms with Gasteiger partial charge >= 0.3 is 0 Å². The van der Waals surface area contributed by atoms with E-state index >= 15 is 0 Å². The second kappa shape index (κ2) is 12.9. The molecule has 0 aliphatic carbocycles. The van der Waals surface area contributed by atoms with Crippen LogP contribution in [0.25, 0.3) is 101 Å². The third-order valence-corrected chi connectivity index (χ3v) is 8.88. The molecule has 0 saturated carbocycles. The molecule has 54 heavy (non-hydrogen) atoms. The van der Waals surface area contributed by atoms with Crippen LogP contribution in [-0.2, 0) is 0 Å². The molecule has 0 atom stereocenters. The lowest BCUT2D eigenvalue weighted by atomic mass is 10.0. The summed E-state index contributed by atoms with van der Waals surface area (Å²) in [5.41, 5.74) is 7.15. The molecule has 258 valence electrons. The fourth-order valence-electron chi connectivity index (χ4n) is 5.80. The summed E-state index contributed by atoms with van der Waals surface area (Å²) in [6.07, 6.45) is 16.0. The van der Waals surface area contributed by atoms with Crippen LogP contribution in [0, 0.1) is 0 Å². The second-order valence-corrected chi connectivity index (χ2v) is 11.9. The zero-order chi connectivity index (χ0) is 35.8. The van der Waals surface area contributed by atoms with Gasteiger partial charge in [-0.2, -0.15) is 10.2 Å². The quantitative estimate of drug-likeness (QED) is 0.187. The maximum absolute atomic E-state index is 5.54. The maximum Gasteiger partial charge on any atom is 0.197 e. The van der Waals surface area contributed by atoms with Gasteiger partial charge in [0.2, 0.25) is 0 Å². The van der Waals surface area contributed by atoms with Crippen LogP contribution in [0.2, 0.25) is 0 Å². The first-order chi connectivity index (χ1) is 26.8. The minimum atomic E-state index is 0.346. The number of aromatic nitrogens is 19. The van der Waals surface area contributed by atoms with Crippen molar-refractivity contribution in [3.05, 3.63) is 86.3 Å². The van der Waals surface area contributed by atoms with Gasteiger partial charge in [0.05, 0.1) is 35.4 Å². The third-order valence-electron chi connectivity index (χ3n) is 8.15. The molecule has 0 aliphatic heterocycles. The SMILES string of the molecule is c1cnc(-c2cccnc2-c2nccnc2-c2ccnnc2-c2snnc2-c2[nH]nnc2-c2cnc(-c3c[nH]nc3-c3oncc3-c3conn3)[nH]2)nc1. The van der Waals surface area contributed by atoms with Gasteiger partial charge in [0.1, 0.15) is 61.9 Å². The number of rotatable bonds is 9. The van der Waals surface area contributed by atoms with Crippen LogP contribution in [-0.4, -0.2) is 95.8 Å². The van der Waals surface area contributed by atoms with Gasteiger partial charge in [0.15, 0.2) is 17.8 Å². The highest BCUT2D eigenvalue weighted by atomic mass is 32.1. The summed E-state index contributed by atoms with van der Waals surface area (Å²) in [7, 11) is 0. The Labute approximate surface area is 303 Å². The number of hydrogen-bond donors (Lipinski definition) is 3. The Morgan fingerprint density at radius 1 is 0.648 bits per heavy atom. The van der Waals surface area contributed by atoms with Crippen molar-refractivity contribution in [2.24, 2.45) is 0 Å². The summed E-state index contributed by atoms with van der Waals surface area (Å²) in [6.45, 7) is 0. The normalized spacial score (nSPS) is 11.3. The van der Waals surface area contributed by atoms with E-state index in [0.717, 1.165) is 11.5 Å². The topological polar surface area (TPSA) is 280 Å². The molecule has 0 unspecified atom stereocenters. The number of imidazole rings is 1. The monoisotopic (exact) mass is 731 g/mol. The van der Waals surface area contributed by atoms with Crippen molar-refractivity contribution in [3.8, 4) is 101 Å². The van der Waals surface area contributed by atoms with Gasteiger partial charge in [-0.25, -0.2) is 15.0 Å². The highest BCUT2D eigenvalue weighted by Crippen LogP contribution is 2.42. The van der Waals surface area contributed by atoms with Crippen molar-refractivity contribution in [1.82, 2.24) is 95.8 Å². The average molecular weight is 732 g/mol. The molecule has 22 heteroatoms. The van der Waals surface area contributed by atoms with Gasteiger partial charge in [-0.15, -0.1) is 20.4 Å². The molecule has 0 bridgehead atoms. The summed E-state index contributed by atoms with van der Waals surface area (Å²) in [5.74, 6) is 1.30. The van der Waals surface area contributed by atoms with E-state index in [4.69, 9.17) is 19.0 Å². The van der Waals surface area contributed by atoms with Crippen molar-refractivity contribution < 1.29 is 9.05 Å². The number of aromatic amines is 3. The highest BCUT2D eigenvalue weighted by molar-refractivity contribution is 7.10. The zero-order valence-corrected chi connectivity index (χ0v) is 27.8. The van der Waals surface area contributed by atoms with Crippen molar-refractivity contribution in [2.75, 3.05) is 0 Å². The van der Waals surface area contributed by atoms with E-state index in [1.54, 1.807) is 61.7 Å².